The van der Waals surface area contributed by atoms with Crippen molar-refractivity contribution in [1.29, 1.82) is 0 Å². The molecule has 1 aromatic heterocycles. The number of carbonyl (C=O) groups is 1. The smallest absolute Gasteiger partial charge is 0.306 e. The molecule has 9 heteroatoms. The zero-order valence-corrected chi connectivity index (χ0v) is 14.8. The highest BCUT2D eigenvalue weighted by molar-refractivity contribution is 6.43. The molecule has 7 nitrogen and oxygen atoms in total. The number of carboxylic acid groups (broad SMARTS) is 1. The summed E-state index contributed by atoms with van der Waals surface area (Å²) in [5, 5.41) is 13.0. The molecule has 0 spiro atoms. The Morgan fingerprint density at radius 1 is 1.28 bits per heavy atom. The van der Waals surface area contributed by atoms with E-state index in [2.05, 4.69) is 15.3 Å². The van der Waals surface area contributed by atoms with E-state index in [-0.39, 0.29) is 5.92 Å². The molecule has 4 N–H and O–H groups in total. The summed E-state index contributed by atoms with van der Waals surface area (Å²) in [6.45, 7) is 1.16. The molecule has 1 fully saturated rings. The number of nitrogens with zero attached hydrogens (tertiary/aromatic N) is 3. The van der Waals surface area contributed by atoms with Crippen LogP contribution < -0.4 is 16.0 Å². The number of hydrogen-bond acceptors (Lipinski definition) is 6. The first kappa shape index (κ1) is 17.6. The maximum atomic E-state index is 11.1. The third-order valence-electron chi connectivity index (χ3n) is 4.21. The van der Waals surface area contributed by atoms with Crippen molar-refractivity contribution in [3.8, 4) is 0 Å². The monoisotopic (exact) mass is 381 g/mol. The number of carboxylic acids is 1. The molecule has 0 unspecified atom stereocenters. The predicted octanol–water partition coefficient (Wildman–Crippen LogP) is 3.41. The van der Waals surface area contributed by atoms with Gasteiger partial charge in [-0.3, -0.25) is 4.79 Å². The van der Waals surface area contributed by atoms with Gasteiger partial charge in [-0.05, 0) is 25.0 Å². The first-order valence-corrected chi connectivity index (χ1v) is 8.52. The largest absolute Gasteiger partial charge is 0.481 e. The number of aromatic nitrogens is 2. The first-order chi connectivity index (χ1) is 12.0. The van der Waals surface area contributed by atoms with Crippen LogP contribution in [0.25, 0.3) is 0 Å². The molecule has 2 aromatic rings. The zero-order chi connectivity index (χ0) is 18.0. The van der Waals surface area contributed by atoms with Crippen molar-refractivity contribution in [2.75, 3.05) is 29.0 Å². The van der Waals surface area contributed by atoms with Crippen molar-refractivity contribution in [3.05, 3.63) is 34.6 Å². The molecule has 25 heavy (non-hydrogen) atoms. The number of nitrogens with two attached hydrogens (primary N) is 1. The summed E-state index contributed by atoms with van der Waals surface area (Å²) >= 11 is 12.2. The van der Waals surface area contributed by atoms with E-state index in [1.165, 1.54) is 6.33 Å². The minimum atomic E-state index is -0.756. The highest BCUT2D eigenvalue weighted by Crippen LogP contribution is 2.35. The van der Waals surface area contributed by atoms with Gasteiger partial charge in [0.25, 0.3) is 0 Å². The Labute approximate surface area is 154 Å². The van der Waals surface area contributed by atoms with Crippen molar-refractivity contribution in [2.45, 2.75) is 12.8 Å². The lowest BCUT2D eigenvalue weighted by molar-refractivity contribution is -0.142. The van der Waals surface area contributed by atoms with Crippen molar-refractivity contribution >= 4 is 52.2 Å². The molecule has 1 saturated heterocycles. The topological polar surface area (TPSA) is 104 Å². The molecule has 1 aromatic carbocycles. The highest BCUT2D eigenvalue weighted by atomic mass is 35.5. The van der Waals surface area contributed by atoms with Crippen LogP contribution in [0.4, 0.5) is 23.0 Å². The SMILES string of the molecule is Nc1c(Nc2cccc(Cl)c2Cl)ncnc1N1CCC(C(=O)O)CC1. The second kappa shape index (κ2) is 7.33. The maximum absolute atomic E-state index is 11.1. The molecule has 0 atom stereocenters. The Bertz CT molecular complexity index is 794. The van der Waals surface area contributed by atoms with Crippen LogP contribution in [-0.2, 0) is 4.79 Å². The Hall–Kier alpha value is -2.25. The van der Waals surface area contributed by atoms with E-state index in [9.17, 15) is 4.79 Å². The molecule has 3 rings (SSSR count). The number of anilines is 4. The number of nitrogens with one attached hydrogen (secondary N) is 1. The number of rotatable bonds is 4. The van der Waals surface area contributed by atoms with Gasteiger partial charge >= 0.3 is 5.97 Å². The van der Waals surface area contributed by atoms with Gasteiger partial charge in [-0.25, -0.2) is 9.97 Å². The quantitative estimate of drug-likeness (QED) is 0.744. The van der Waals surface area contributed by atoms with Gasteiger partial charge in [0.1, 0.15) is 12.0 Å². The summed E-state index contributed by atoms with van der Waals surface area (Å²) in [7, 11) is 0. The average Bonchev–Trinajstić information content (AvgIpc) is 2.61. The van der Waals surface area contributed by atoms with Crippen LogP contribution in [0.3, 0.4) is 0 Å². The Kier molecular flexibility index (Phi) is 5.15. The summed E-state index contributed by atoms with van der Waals surface area (Å²) < 4.78 is 0. The third-order valence-corrected chi connectivity index (χ3v) is 5.03. The van der Waals surface area contributed by atoms with Gasteiger partial charge in [0.15, 0.2) is 11.6 Å². The Morgan fingerprint density at radius 3 is 2.68 bits per heavy atom. The van der Waals surface area contributed by atoms with Crippen molar-refractivity contribution in [3.63, 3.8) is 0 Å². The summed E-state index contributed by atoms with van der Waals surface area (Å²) in [5.41, 5.74) is 7.20. The van der Waals surface area contributed by atoms with Gasteiger partial charge in [0, 0.05) is 13.1 Å². The third kappa shape index (κ3) is 3.72. The normalized spacial score (nSPS) is 15.2. The first-order valence-electron chi connectivity index (χ1n) is 7.76. The van der Waals surface area contributed by atoms with Crippen LogP contribution in [-0.4, -0.2) is 34.1 Å². The molecule has 0 radical (unpaired) electrons. The van der Waals surface area contributed by atoms with E-state index in [4.69, 9.17) is 34.0 Å². The predicted molar refractivity (Wildman–Crippen MR) is 98.8 cm³/mol. The van der Waals surface area contributed by atoms with Crippen LogP contribution in [0.1, 0.15) is 12.8 Å². The molecule has 0 saturated carbocycles. The number of halogens is 2. The Morgan fingerprint density at radius 2 is 2.00 bits per heavy atom. The van der Waals surface area contributed by atoms with E-state index in [0.29, 0.717) is 59.0 Å². The minimum Gasteiger partial charge on any atom is -0.481 e. The van der Waals surface area contributed by atoms with E-state index < -0.39 is 5.97 Å². The Balaban J connectivity index is 1.81. The van der Waals surface area contributed by atoms with E-state index in [1.54, 1.807) is 18.2 Å². The van der Waals surface area contributed by atoms with E-state index in [0.717, 1.165) is 0 Å². The average molecular weight is 382 g/mol. The highest BCUT2D eigenvalue weighted by Gasteiger charge is 2.26. The van der Waals surface area contributed by atoms with E-state index in [1.807, 2.05) is 4.90 Å². The standard InChI is InChI=1S/C16H17Cl2N5O2/c17-10-2-1-3-11(12(10)18)22-14-13(19)15(21-8-20-14)23-6-4-9(5-7-23)16(24)25/h1-3,8-9H,4-7,19H2,(H,24,25)(H,20,21,22). The molecule has 0 amide bonds. The fourth-order valence-corrected chi connectivity index (χ4v) is 3.15. The van der Waals surface area contributed by atoms with Gasteiger partial charge in [-0.1, -0.05) is 29.3 Å². The molecule has 2 heterocycles. The summed E-state index contributed by atoms with van der Waals surface area (Å²) in [4.78, 5) is 21.5. The van der Waals surface area contributed by atoms with Crippen LogP contribution in [0.5, 0.6) is 0 Å². The maximum Gasteiger partial charge on any atom is 0.306 e. The molecule has 0 aliphatic carbocycles. The second-order valence-electron chi connectivity index (χ2n) is 5.79. The fraction of sp³-hybridized carbons (Fsp3) is 0.312. The number of hydrogen-bond donors (Lipinski definition) is 3. The lowest BCUT2D eigenvalue weighted by Gasteiger charge is -2.31. The van der Waals surface area contributed by atoms with Crippen LogP contribution in [0.15, 0.2) is 24.5 Å². The van der Waals surface area contributed by atoms with Crippen LogP contribution in [0, 0.1) is 5.92 Å². The van der Waals surface area contributed by atoms with Gasteiger partial charge in [-0.2, -0.15) is 0 Å². The second-order valence-corrected chi connectivity index (χ2v) is 6.57. The van der Waals surface area contributed by atoms with Gasteiger partial charge in [0.05, 0.1) is 21.7 Å². The van der Waals surface area contributed by atoms with Crippen LogP contribution >= 0.6 is 23.2 Å². The van der Waals surface area contributed by atoms with Gasteiger partial charge in [-0.15, -0.1) is 0 Å². The van der Waals surface area contributed by atoms with Gasteiger partial charge < -0.3 is 21.1 Å². The zero-order valence-electron chi connectivity index (χ0n) is 13.2. The van der Waals surface area contributed by atoms with Crippen molar-refractivity contribution in [1.82, 2.24) is 9.97 Å². The molecule has 1 aliphatic heterocycles. The summed E-state index contributed by atoms with van der Waals surface area (Å²) in [6, 6.07) is 5.23. The minimum absolute atomic E-state index is 0.317. The number of benzene rings is 1. The molecule has 1 aliphatic rings. The number of nitrogen functional groups attached to an aromatic ring is 1. The molecule has 0 bridgehead atoms. The molecular formula is C16H17Cl2N5O2. The van der Waals surface area contributed by atoms with E-state index >= 15 is 0 Å². The van der Waals surface area contributed by atoms with Crippen molar-refractivity contribution in [2.24, 2.45) is 5.92 Å². The lowest BCUT2D eigenvalue weighted by Crippen LogP contribution is -2.37. The number of piperidine rings is 1. The van der Waals surface area contributed by atoms with Gasteiger partial charge in [0.2, 0.25) is 0 Å². The number of aliphatic carboxylic acids is 1. The molecular weight excluding hydrogens is 365 g/mol. The summed E-state index contributed by atoms with van der Waals surface area (Å²) in [6.07, 6.45) is 2.53. The summed E-state index contributed by atoms with van der Waals surface area (Å²) in [5.74, 6) is -0.0653. The fourth-order valence-electron chi connectivity index (χ4n) is 2.80. The lowest BCUT2D eigenvalue weighted by atomic mass is 9.97. The molecule has 132 valence electrons. The van der Waals surface area contributed by atoms with Crippen LogP contribution in [0.2, 0.25) is 10.0 Å². The van der Waals surface area contributed by atoms with Crippen molar-refractivity contribution < 1.29 is 9.90 Å².